The molecule has 0 aliphatic heterocycles. The van der Waals surface area contributed by atoms with E-state index in [1.807, 2.05) is 0 Å². The maximum Gasteiger partial charge on any atom is 0.390 e. The molecule has 1 aromatic rings. The van der Waals surface area contributed by atoms with E-state index >= 15 is 0 Å². The van der Waals surface area contributed by atoms with Crippen molar-refractivity contribution in [3.63, 3.8) is 0 Å². The van der Waals surface area contributed by atoms with Crippen LogP contribution in [0.2, 0.25) is 0 Å². The molecule has 0 radical (unpaired) electrons. The van der Waals surface area contributed by atoms with E-state index in [1.165, 1.54) is 6.07 Å². The number of nitrogens with one attached hydrogen (secondary N) is 1. The van der Waals surface area contributed by atoms with Crippen LogP contribution in [0.1, 0.15) is 22.5 Å². The second-order valence-corrected chi connectivity index (χ2v) is 3.15. The summed E-state index contributed by atoms with van der Waals surface area (Å²) in [6, 6.07) is 1.27. The fourth-order valence-electron chi connectivity index (χ4n) is 1.03. The standard InChI is InChI=1S/C9H10F3NO3/c10-9(11,12)1-2-13-4-7-3-6(5-16-7)8(14)15/h3,5,13H,1-2,4H2,(H,14,15). The smallest absolute Gasteiger partial charge is 0.390 e. The van der Waals surface area contributed by atoms with Gasteiger partial charge in [-0.1, -0.05) is 0 Å². The van der Waals surface area contributed by atoms with Crippen LogP contribution in [0, 0.1) is 0 Å². The molecule has 4 nitrogen and oxygen atoms in total. The van der Waals surface area contributed by atoms with E-state index in [4.69, 9.17) is 9.52 Å². The molecule has 7 heteroatoms. The van der Waals surface area contributed by atoms with Crippen molar-refractivity contribution in [2.45, 2.75) is 19.1 Å². The summed E-state index contributed by atoms with van der Waals surface area (Å²) in [5.74, 6) is -0.843. The van der Waals surface area contributed by atoms with Crippen LogP contribution in [0.3, 0.4) is 0 Å². The summed E-state index contributed by atoms with van der Waals surface area (Å²) in [7, 11) is 0. The number of carbonyl (C=O) groups is 1. The molecule has 0 saturated heterocycles. The molecule has 16 heavy (non-hydrogen) atoms. The third kappa shape index (κ3) is 4.35. The summed E-state index contributed by atoms with van der Waals surface area (Å²) in [4.78, 5) is 10.4. The molecule has 1 rings (SSSR count). The Balaban J connectivity index is 2.30. The van der Waals surface area contributed by atoms with Crippen molar-refractivity contribution in [2.24, 2.45) is 0 Å². The van der Waals surface area contributed by atoms with Gasteiger partial charge in [-0.3, -0.25) is 0 Å². The zero-order valence-electron chi connectivity index (χ0n) is 8.17. The molecule has 0 fully saturated rings. The maximum atomic E-state index is 11.8. The molecule has 0 amide bonds. The quantitative estimate of drug-likeness (QED) is 0.769. The lowest BCUT2D eigenvalue weighted by molar-refractivity contribution is -0.133. The average molecular weight is 237 g/mol. The van der Waals surface area contributed by atoms with Crippen LogP contribution >= 0.6 is 0 Å². The second-order valence-electron chi connectivity index (χ2n) is 3.15. The second kappa shape index (κ2) is 5.02. The van der Waals surface area contributed by atoms with Crippen LogP contribution in [-0.2, 0) is 6.54 Å². The molecule has 90 valence electrons. The third-order valence-electron chi connectivity index (χ3n) is 1.79. The third-order valence-corrected chi connectivity index (χ3v) is 1.79. The molecule has 0 bridgehead atoms. The first-order chi connectivity index (χ1) is 7.38. The van der Waals surface area contributed by atoms with Gasteiger partial charge in [0.25, 0.3) is 0 Å². The van der Waals surface area contributed by atoms with Crippen molar-refractivity contribution in [1.82, 2.24) is 5.32 Å². The fourth-order valence-corrected chi connectivity index (χ4v) is 1.03. The molecule has 0 aliphatic carbocycles. The number of hydrogen-bond donors (Lipinski definition) is 2. The van der Waals surface area contributed by atoms with Crippen LogP contribution in [-0.4, -0.2) is 23.8 Å². The molecule has 0 atom stereocenters. The van der Waals surface area contributed by atoms with Gasteiger partial charge in [0.2, 0.25) is 0 Å². The Morgan fingerprint density at radius 1 is 1.50 bits per heavy atom. The number of hydrogen-bond acceptors (Lipinski definition) is 3. The molecule has 0 aliphatic rings. The molecule has 0 aromatic carbocycles. The van der Waals surface area contributed by atoms with Crippen LogP contribution in [0.5, 0.6) is 0 Å². The highest BCUT2D eigenvalue weighted by molar-refractivity contribution is 5.87. The number of furan rings is 1. The van der Waals surface area contributed by atoms with Gasteiger partial charge in [-0.2, -0.15) is 13.2 Å². The lowest BCUT2D eigenvalue weighted by atomic mass is 10.3. The molecule has 0 spiro atoms. The highest BCUT2D eigenvalue weighted by Crippen LogP contribution is 2.18. The van der Waals surface area contributed by atoms with Gasteiger partial charge in [-0.25, -0.2) is 4.79 Å². The predicted molar refractivity (Wildman–Crippen MR) is 48.0 cm³/mol. The van der Waals surface area contributed by atoms with Crippen LogP contribution in [0.15, 0.2) is 16.7 Å². The van der Waals surface area contributed by atoms with Crippen molar-refractivity contribution >= 4 is 5.97 Å². The first-order valence-electron chi connectivity index (χ1n) is 4.46. The minimum atomic E-state index is -4.19. The summed E-state index contributed by atoms with van der Waals surface area (Å²) in [6.07, 6.45) is -4.08. The van der Waals surface area contributed by atoms with Crippen molar-refractivity contribution in [3.05, 3.63) is 23.7 Å². The average Bonchev–Trinajstić information content (AvgIpc) is 2.59. The number of rotatable bonds is 5. The van der Waals surface area contributed by atoms with Crippen LogP contribution < -0.4 is 5.32 Å². The monoisotopic (exact) mass is 237 g/mol. The Morgan fingerprint density at radius 2 is 2.19 bits per heavy atom. The number of carboxylic acids is 1. The number of halogens is 3. The molecule has 2 N–H and O–H groups in total. The Labute approximate surface area is 89.1 Å². The van der Waals surface area contributed by atoms with Crippen molar-refractivity contribution in [1.29, 1.82) is 0 Å². The van der Waals surface area contributed by atoms with Gasteiger partial charge < -0.3 is 14.8 Å². The Kier molecular flexibility index (Phi) is 3.94. The molecule has 1 heterocycles. The van der Waals surface area contributed by atoms with E-state index in [2.05, 4.69) is 5.32 Å². The van der Waals surface area contributed by atoms with Crippen LogP contribution in [0.25, 0.3) is 0 Å². The van der Waals surface area contributed by atoms with Crippen molar-refractivity contribution < 1.29 is 27.5 Å². The van der Waals surface area contributed by atoms with Gasteiger partial charge in [0.1, 0.15) is 12.0 Å². The highest BCUT2D eigenvalue weighted by atomic mass is 19.4. The summed E-state index contributed by atoms with van der Waals surface area (Å²) in [5, 5.41) is 11.1. The Hall–Kier alpha value is -1.50. The topological polar surface area (TPSA) is 62.5 Å². The maximum absolute atomic E-state index is 11.8. The highest BCUT2D eigenvalue weighted by Gasteiger charge is 2.25. The van der Waals surface area contributed by atoms with Gasteiger partial charge in [0, 0.05) is 6.54 Å². The van der Waals surface area contributed by atoms with Crippen molar-refractivity contribution in [2.75, 3.05) is 6.54 Å². The zero-order valence-corrected chi connectivity index (χ0v) is 8.17. The Morgan fingerprint density at radius 3 is 2.69 bits per heavy atom. The van der Waals surface area contributed by atoms with E-state index in [9.17, 15) is 18.0 Å². The minimum absolute atomic E-state index is 0.0207. The molecule has 1 aromatic heterocycles. The summed E-state index contributed by atoms with van der Waals surface area (Å²) < 4.78 is 40.1. The lowest BCUT2D eigenvalue weighted by Gasteiger charge is -2.05. The van der Waals surface area contributed by atoms with E-state index < -0.39 is 18.6 Å². The van der Waals surface area contributed by atoms with Gasteiger partial charge in [-0.05, 0) is 6.07 Å². The lowest BCUT2D eigenvalue weighted by Crippen LogP contribution is -2.21. The molecular formula is C9H10F3NO3. The van der Waals surface area contributed by atoms with Gasteiger partial charge in [0.05, 0.1) is 18.5 Å². The predicted octanol–water partition coefficient (Wildman–Crippen LogP) is 2.02. The molecule has 0 saturated carbocycles. The summed E-state index contributed by atoms with van der Waals surface area (Å²) in [6.45, 7) is -0.157. The van der Waals surface area contributed by atoms with Gasteiger partial charge in [0.15, 0.2) is 0 Å². The molecule has 0 unspecified atom stereocenters. The zero-order chi connectivity index (χ0) is 12.2. The first kappa shape index (κ1) is 12.6. The van der Waals surface area contributed by atoms with E-state index in [1.54, 1.807) is 0 Å². The normalized spacial score (nSPS) is 11.7. The Bertz CT molecular complexity index is 359. The van der Waals surface area contributed by atoms with Crippen LogP contribution in [0.4, 0.5) is 13.2 Å². The largest absolute Gasteiger partial charge is 0.478 e. The van der Waals surface area contributed by atoms with E-state index in [0.29, 0.717) is 5.76 Å². The number of carboxylic acid groups (broad SMARTS) is 1. The fraction of sp³-hybridized carbons (Fsp3) is 0.444. The first-order valence-corrected chi connectivity index (χ1v) is 4.46. The minimum Gasteiger partial charge on any atom is -0.478 e. The van der Waals surface area contributed by atoms with Gasteiger partial charge in [-0.15, -0.1) is 0 Å². The molecular weight excluding hydrogens is 227 g/mol. The van der Waals surface area contributed by atoms with E-state index in [-0.39, 0.29) is 18.7 Å². The summed E-state index contributed by atoms with van der Waals surface area (Å²) in [5.41, 5.74) is -0.0207. The van der Waals surface area contributed by atoms with Crippen molar-refractivity contribution in [3.8, 4) is 0 Å². The summed E-state index contributed by atoms with van der Waals surface area (Å²) >= 11 is 0. The number of aromatic carboxylic acids is 1. The van der Waals surface area contributed by atoms with E-state index in [0.717, 1.165) is 6.26 Å². The van der Waals surface area contributed by atoms with Gasteiger partial charge >= 0.3 is 12.1 Å². The number of alkyl halides is 3. The SMILES string of the molecule is O=C(O)c1coc(CNCCC(F)(F)F)c1.